The Hall–Kier alpha value is -1.36. The molecule has 5 heteroatoms. The molecule has 2 rings (SSSR count). The number of rotatable bonds is 8. The standard InChI is InChI=1S/C14H24N4O/c1-4-11-12(15-2)17-10-18-13(11)16-9-14(5-6-14)7-8-19-3/h10H,4-9H2,1-3H3,(H2,15,16,17,18). The summed E-state index contributed by atoms with van der Waals surface area (Å²) in [5, 5.41) is 6.63. The summed E-state index contributed by atoms with van der Waals surface area (Å²) in [6.07, 6.45) is 6.23. The summed E-state index contributed by atoms with van der Waals surface area (Å²) in [4.78, 5) is 8.63. The van der Waals surface area contributed by atoms with Gasteiger partial charge >= 0.3 is 0 Å². The molecule has 1 aromatic rings. The Kier molecular flexibility index (Phi) is 4.58. The maximum absolute atomic E-state index is 5.19. The first-order chi connectivity index (χ1) is 9.24. The van der Waals surface area contributed by atoms with Gasteiger partial charge in [0.15, 0.2) is 0 Å². The third-order valence-electron chi connectivity index (χ3n) is 3.96. The number of hydrogen-bond acceptors (Lipinski definition) is 5. The molecule has 2 N–H and O–H groups in total. The van der Waals surface area contributed by atoms with Crippen LogP contribution in [0.3, 0.4) is 0 Å². The van der Waals surface area contributed by atoms with E-state index in [-0.39, 0.29) is 0 Å². The highest BCUT2D eigenvalue weighted by molar-refractivity contribution is 5.57. The number of ether oxygens (including phenoxy) is 1. The molecule has 0 aromatic carbocycles. The Morgan fingerprint density at radius 3 is 2.63 bits per heavy atom. The summed E-state index contributed by atoms with van der Waals surface area (Å²) in [5.41, 5.74) is 1.58. The maximum Gasteiger partial charge on any atom is 0.134 e. The Bertz CT molecular complexity index is 418. The first kappa shape index (κ1) is 14.1. The molecule has 0 amide bonds. The van der Waals surface area contributed by atoms with Crippen LogP contribution in [0, 0.1) is 5.41 Å². The van der Waals surface area contributed by atoms with Crippen molar-refractivity contribution in [2.45, 2.75) is 32.6 Å². The molecule has 19 heavy (non-hydrogen) atoms. The number of nitrogens with zero attached hydrogens (tertiary/aromatic N) is 2. The molecule has 1 fully saturated rings. The summed E-state index contributed by atoms with van der Waals surface area (Å²) >= 11 is 0. The zero-order valence-corrected chi connectivity index (χ0v) is 12.1. The molecule has 1 aromatic heterocycles. The highest BCUT2D eigenvalue weighted by Crippen LogP contribution is 2.48. The van der Waals surface area contributed by atoms with Crippen LogP contribution in [0.5, 0.6) is 0 Å². The van der Waals surface area contributed by atoms with Crippen molar-refractivity contribution >= 4 is 11.6 Å². The predicted octanol–water partition coefficient (Wildman–Crippen LogP) is 2.31. The zero-order valence-electron chi connectivity index (χ0n) is 12.1. The van der Waals surface area contributed by atoms with Crippen LogP contribution in [0.4, 0.5) is 11.6 Å². The van der Waals surface area contributed by atoms with Crippen molar-refractivity contribution in [3.63, 3.8) is 0 Å². The van der Waals surface area contributed by atoms with E-state index in [1.165, 1.54) is 12.8 Å². The molecule has 1 heterocycles. The second-order valence-corrected chi connectivity index (χ2v) is 5.25. The monoisotopic (exact) mass is 264 g/mol. The minimum absolute atomic E-state index is 0.422. The van der Waals surface area contributed by atoms with Crippen LogP contribution in [-0.4, -0.2) is 37.3 Å². The highest BCUT2D eigenvalue weighted by Gasteiger charge is 2.41. The van der Waals surface area contributed by atoms with Crippen molar-refractivity contribution < 1.29 is 4.74 Å². The lowest BCUT2D eigenvalue weighted by molar-refractivity contribution is 0.175. The topological polar surface area (TPSA) is 59.1 Å². The van der Waals surface area contributed by atoms with Crippen molar-refractivity contribution in [2.75, 3.05) is 37.9 Å². The Labute approximate surface area is 115 Å². The molecule has 0 bridgehead atoms. The first-order valence-corrected chi connectivity index (χ1v) is 6.99. The summed E-state index contributed by atoms with van der Waals surface area (Å²) < 4.78 is 5.19. The van der Waals surface area contributed by atoms with Crippen LogP contribution in [-0.2, 0) is 11.2 Å². The van der Waals surface area contributed by atoms with Gasteiger partial charge in [0.25, 0.3) is 0 Å². The molecule has 0 saturated heterocycles. The van der Waals surface area contributed by atoms with Crippen LogP contribution < -0.4 is 10.6 Å². The van der Waals surface area contributed by atoms with Gasteiger partial charge in [-0.2, -0.15) is 0 Å². The molecule has 0 spiro atoms. The number of anilines is 2. The molecule has 5 nitrogen and oxygen atoms in total. The number of methoxy groups -OCH3 is 1. The van der Waals surface area contributed by atoms with E-state index in [2.05, 4.69) is 27.5 Å². The molecular weight excluding hydrogens is 240 g/mol. The predicted molar refractivity (Wildman–Crippen MR) is 77.6 cm³/mol. The average molecular weight is 264 g/mol. The third-order valence-corrected chi connectivity index (χ3v) is 3.96. The fourth-order valence-corrected chi connectivity index (χ4v) is 2.40. The van der Waals surface area contributed by atoms with E-state index in [0.717, 1.165) is 43.2 Å². The summed E-state index contributed by atoms with van der Waals surface area (Å²) in [7, 11) is 3.66. The van der Waals surface area contributed by atoms with E-state index in [0.29, 0.717) is 5.41 Å². The van der Waals surface area contributed by atoms with Crippen molar-refractivity contribution in [1.29, 1.82) is 0 Å². The molecular formula is C14H24N4O. The summed E-state index contributed by atoms with van der Waals surface area (Å²) in [6.45, 7) is 3.94. The van der Waals surface area contributed by atoms with E-state index in [1.807, 2.05) is 7.05 Å². The second-order valence-electron chi connectivity index (χ2n) is 5.25. The number of nitrogens with one attached hydrogen (secondary N) is 2. The fraction of sp³-hybridized carbons (Fsp3) is 0.714. The maximum atomic E-state index is 5.19. The Morgan fingerprint density at radius 2 is 2.05 bits per heavy atom. The van der Waals surface area contributed by atoms with Gasteiger partial charge in [0.1, 0.15) is 18.0 Å². The average Bonchev–Trinajstić information content (AvgIpc) is 3.23. The van der Waals surface area contributed by atoms with Crippen LogP contribution in [0.15, 0.2) is 6.33 Å². The third kappa shape index (κ3) is 3.35. The quantitative estimate of drug-likeness (QED) is 0.754. The van der Waals surface area contributed by atoms with Crippen LogP contribution in [0.1, 0.15) is 31.7 Å². The van der Waals surface area contributed by atoms with E-state index in [4.69, 9.17) is 4.74 Å². The molecule has 0 radical (unpaired) electrons. The molecule has 1 saturated carbocycles. The van der Waals surface area contributed by atoms with Gasteiger partial charge in [-0.15, -0.1) is 0 Å². The lowest BCUT2D eigenvalue weighted by Gasteiger charge is -2.18. The zero-order chi connectivity index (χ0) is 13.7. The van der Waals surface area contributed by atoms with Gasteiger partial charge in [-0.25, -0.2) is 9.97 Å². The molecule has 1 aliphatic carbocycles. The van der Waals surface area contributed by atoms with Crippen molar-refractivity contribution in [1.82, 2.24) is 9.97 Å². The lowest BCUT2D eigenvalue weighted by Crippen LogP contribution is -2.19. The van der Waals surface area contributed by atoms with Crippen molar-refractivity contribution in [3.05, 3.63) is 11.9 Å². The van der Waals surface area contributed by atoms with Gasteiger partial charge in [-0.1, -0.05) is 6.92 Å². The number of hydrogen-bond donors (Lipinski definition) is 2. The van der Waals surface area contributed by atoms with Gasteiger partial charge in [0, 0.05) is 32.9 Å². The Morgan fingerprint density at radius 1 is 1.32 bits per heavy atom. The van der Waals surface area contributed by atoms with Crippen LogP contribution in [0.25, 0.3) is 0 Å². The smallest absolute Gasteiger partial charge is 0.134 e. The molecule has 0 unspecified atom stereocenters. The number of aromatic nitrogens is 2. The fourth-order valence-electron chi connectivity index (χ4n) is 2.40. The van der Waals surface area contributed by atoms with Gasteiger partial charge in [0.2, 0.25) is 0 Å². The van der Waals surface area contributed by atoms with E-state index in [9.17, 15) is 0 Å². The van der Waals surface area contributed by atoms with Gasteiger partial charge < -0.3 is 15.4 Å². The van der Waals surface area contributed by atoms with E-state index < -0.39 is 0 Å². The summed E-state index contributed by atoms with van der Waals surface area (Å²) in [6, 6.07) is 0. The molecule has 1 aliphatic rings. The molecule has 0 aliphatic heterocycles. The largest absolute Gasteiger partial charge is 0.385 e. The van der Waals surface area contributed by atoms with Gasteiger partial charge in [-0.05, 0) is 31.1 Å². The SMILES string of the molecule is CCc1c(NC)ncnc1NCC1(CCOC)CC1. The second kappa shape index (κ2) is 6.19. The first-order valence-electron chi connectivity index (χ1n) is 6.99. The highest BCUT2D eigenvalue weighted by atomic mass is 16.5. The minimum Gasteiger partial charge on any atom is -0.385 e. The van der Waals surface area contributed by atoms with Crippen molar-refractivity contribution in [2.24, 2.45) is 5.41 Å². The lowest BCUT2D eigenvalue weighted by atomic mass is 10.0. The van der Waals surface area contributed by atoms with E-state index in [1.54, 1.807) is 13.4 Å². The van der Waals surface area contributed by atoms with E-state index >= 15 is 0 Å². The van der Waals surface area contributed by atoms with Crippen molar-refractivity contribution in [3.8, 4) is 0 Å². The minimum atomic E-state index is 0.422. The summed E-state index contributed by atoms with van der Waals surface area (Å²) in [5.74, 6) is 1.88. The Balaban J connectivity index is 1.99. The molecule has 0 atom stereocenters. The normalized spacial score (nSPS) is 16.2. The molecule has 106 valence electrons. The van der Waals surface area contributed by atoms with Crippen LogP contribution in [0.2, 0.25) is 0 Å². The van der Waals surface area contributed by atoms with Gasteiger partial charge in [0.05, 0.1) is 0 Å². The van der Waals surface area contributed by atoms with Crippen LogP contribution >= 0.6 is 0 Å². The van der Waals surface area contributed by atoms with Gasteiger partial charge in [-0.3, -0.25) is 0 Å².